The van der Waals surface area contributed by atoms with Crippen molar-refractivity contribution < 1.29 is 23.7 Å². The minimum absolute atomic E-state index is 0.0394. The summed E-state index contributed by atoms with van der Waals surface area (Å²) >= 11 is 0. The number of rotatable bonds is 11. The summed E-state index contributed by atoms with van der Waals surface area (Å²) < 4.78 is 22.5. The topological polar surface area (TPSA) is 84.6 Å². The van der Waals surface area contributed by atoms with Gasteiger partial charge in [0.05, 0.1) is 12.7 Å². The molecule has 0 radical (unpaired) electrons. The van der Waals surface area contributed by atoms with Gasteiger partial charge in [-0.15, -0.1) is 0 Å². The van der Waals surface area contributed by atoms with Gasteiger partial charge in [-0.05, 0) is 6.42 Å². The Bertz CT molecular complexity index is 529. The van der Waals surface area contributed by atoms with E-state index in [0.717, 1.165) is 13.0 Å². The quantitative estimate of drug-likeness (QED) is 0.411. The number of unbranched alkanes of at least 4 members (excludes halogenated alkanes) is 4. The number of epoxide rings is 1. The van der Waals surface area contributed by atoms with Crippen LogP contribution < -0.4 is 10.6 Å². The largest absolute Gasteiger partial charge is 0.382 e. The van der Waals surface area contributed by atoms with Crippen LogP contribution in [0, 0.1) is 0 Å². The molecule has 2 saturated heterocycles. The van der Waals surface area contributed by atoms with E-state index in [2.05, 4.69) is 17.6 Å². The first kappa shape index (κ1) is 20.4. The van der Waals surface area contributed by atoms with Gasteiger partial charge in [0.2, 0.25) is 0 Å². The van der Waals surface area contributed by atoms with Crippen molar-refractivity contribution in [3.8, 4) is 0 Å². The minimum Gasteiger partial charge on any atom is -0.382 e. The fourth-order valence-corrected chi connectivity index (χ4v) is 3.70. The average Bonchev–Trinajstić information content (AvgIpc) is 3.31. The van der Waals surface area contributed by atoms with Crippen LogP contribution in [0.3, 0.4) is 0 Å². The Morgan fingerprint density at radius 1 is 1.26 bits per heavy atom. The summed E-state index contributed by atoms with van der Waals surface area (Å²) in [7, 11) is 3.34. The molecule has 8 heteroatoms. The Morgan fingerprint density at radius 2 is 2.07 bits per heavy atom. The molecule has 27 heavy (non-hydrogen) atoms. The molecule has 0 aromatic carbocycles. The van der Waals surface area contributed by atoms with Crippen LogP contribution in [-0.4, -0.2) is 69.1 Å². The van der Waals surface area contributed by atoms with E-state index in [0.29, 0.717) is 18.7 Å². The molecule has 8 nitrogen and oxygen atoms in total. The standard InChI is InChI=1S/C19H33N3O5/c1-4-5-6-7-8-9-20-13-11-22(19-18(27-19)21-17(13)23)16-10-14(25-3)15(26-16)12-24-2/h11,14-16,18-20H,4-10,12H2,1-3H3,(H,21,23). The van der Waals surface area contributed by atoms with Gasteiger partial charge in [0, 0.05) is 33.4 Å². The number of carbonyl (C=O) groups is 1. The lowest BCUT2D eigenvalue weighted by Gasteiger charge is -2.25. The fraction of sp³-hybridized carbons (Fsp3) is 0.842. The summed E-state index contributed by atoms with van der Waals surface area (Å²) in [6.45, 7) is 3.46. The highest BCUT2D eigenvalue weighted by molar-refractivity contribution is 5.93. The van der Waals surface area contributed by atoms with Gasteiger partial charge in [0.25, 0.3) is 5.91 Å². The molecular weight excluding hydrogens is 350 g/mol. The van der Waals surface area contributed by atoms with Crippen molar-refractivity contribution in [1.29, 1.82) is 0 Å². The number of nitrogens with zero attached hydrogens (tertiary/aromatic N) is 1. The highest BCUT2D eigenvalue weighted by Gasteiger charge is 2.51. The van der Waals surface area contributed by atoms with Crippen molar-refractivity contribution in [2.24, 2.45) is 0 Å². The van der Waals surface area contributed by atoms with E-state index in [4.69, 9.17) is 18.9 Å². The summed E-state index contributed by atoms with van der Waals surface area (Å²) in [6.07, 6.45) is 7.64. The van der Waals surface area contributed by atoms with Crippen molar-refractivity contribution in [1.82, 2.24) is 15.5 Å². The fourth-order valence-electron chi connectivity index (χ4n) is 3.70. The molecule has 3 rings (SSSR count). The molecule has 0 aliphatic carbocycles. The van der Waals surface area contributed by atoms with Crippen molar-refractivity contribution in [2.75, 3.05) is 27.4 Å². The van der Waals surface area contributed by atoms with Crippen molar-refractivity contribution in [3.05, 3.63) is 11.9 Å². The molecule has 1 amide bonds. The Balaban J connectivity index is 1.60. The minimum atomic E-state index is -0.288. The van der Waals surface area contributed by atoms with Crippen LogP contribution in [0.25, 0.3) is 0 Å². The second-order valence-corrected chi connectivity index (χ2v) is 7.35. The number of methoxy groups -OCH3 is 2. The van der Waals surface area contributed by atoms with Gasteiger partial charge in [-0.2, -0.15) is 0 Å². The van der Waals surface area contributed by atoms with E-state index in [1.807, 2.05) is 11.1 Å². The Kier molecular flexibility index (Phi) is 7.34. The highest BCUT2D eigenvalue weighted by Crippen LogP contribution is 2.35. The van der Waals surface area contributed by atoms with Gasteiger partial charge in [-0.1, -0.05) is 32.6 Å². The maximum absolute atomic E-state index is 12.4. The first-order chi connectivity index (χ1) is 13.2. The van der Waals surface area contributed by atoms with E-state index in [9.17, 15) is 4.79 Å². The van der Waals surface area contributed by atoms with E-state index in [-0.39, 0.29) is 36.8 Å². The zero-order chi connectivity index (χ0) is 19.2. The summed E-state index contributed by atoms with van der Waals surface area (Å²) in [5.41, 5.74) is 0.564. The van der Waals surface area contributed by atoms with Crippen LogP contribution in [0.1, 0.15) is 45.4 Å². The van der Waals surface area contributed by atoms with Gasteiger partial charge < -0.3 is 34.5 Å². The maximum Gasteiger partial charge on any atom is 0.270 e. The molecule has 3 aliphatic rings. The van der Waals surface area contributed by atoms with Crippen LogP contribution >= 0.6 is 0 Å². The third kappa shape index (κ3) is 5.13. The highest BCUT2D eigenvalue weighted by atomic mass is 16.6. The number of carbonyl (C=O) groups excluding carboxylic acids is 1. The molecule has 0 bridgehead atoms. The van der Waals surface area contributed by atoms with Gasteiger partial charge >= 0.3 is 0 Å². The van der Waals surface area contributed by atoms with E-state index in [1.54, 1.807) is 14.2 Å². The van der Waals surface area contributed by atoms with E-state index >= 15 is 0 Å². The molecule has 0 aromatic heterocycles. The van der Waals surface area contributed by atoms with Crippen LogP contribution in [0.2, 0.25) is 0 Å². The third-order valence-corrected chi connectivity index (χ3v) is 5.30. The molecule has 154 valence electrons. The third-order valence-electron chi connectivity index (χ3n) is 5.30. The molecule has 0 aromatic rings. The van der Waals surface area contributed by atoms with Gasteiger partial charge in [-0.25, -0.2) is 0 Å². The number of hydrogen-bond donors (Lipinski definition) is 2. The number of amides is 1. The molecule has 0 saturated carbocycles. The molecule has 3 heterocycles. The Hall–Kier alpha value is -1.35. The molecule has 2 fully saturated rings. The zero-order valence-corrected chi connectivity index (χ0v) is 16.6. The average molecular weight is 383 g/mol. The van der Waals surface area contributed by atoms with Crippen LogP contribution in [-0.2, 0) is 23.7 Å². The predicted molar refractivity (Wildman–Crippen MR) is 99.4 cm³/mol. The SMILES string of the molecule is CCCCCCCNC1=CN(C2CC(OC)C(COC)O2)C2OC2NC1=O. The molecule has 2 N–H and O–H groups in total. The lowest BCUT2D eigenvalue weighted by molar-refractivity contribution is -0.118. The van der Waals surface area contributed by atoms with Crippen molar-refractivity contribution in [2.45, 2.75) is 76.3 Å². The molecule has 5 atom stereocenters. The predicted octanol–water partition coefficient (Wildman–Crippen LogP) is 1.28. The first-order valence-corrected chi connectivity index (χ1v) is 10.0. The number of nitrogens with one attached hydrogen (secondary N) is 2. The Morgan fingerprint density at radius 3 is 2.81 bits per heavy atom. The first-order valence-electron chi connectivity index (χ1n) is 10.0. The number of ether oxygens (including phenoxy) is 4. The maximum atomic E-state index is 12.4. The normalized spacial score (nSPS) is 32.6. The number of hydrogen-bond acceptors (Lipinski definition) is 7. The molecule has 5 unspecified atom stereocenters. The second-order valence-electron chi connectivity index (χ2n) is 7.35. The molecular formula is C19H33N3O5. The van der Waals surface area contributed by atoms with Crippen molar-refractivity contribution in [3.63, 3.8) is 0 Å². The lowest BCUT2D eigenvalue weighted by Crippen LogP contribution is -2.35. The lowest BCUT2D eigenvalue weighted by atomic mass is 10.1. The summed E-state index contributed by atoms with van der Waals surface area (Å²) in [5.74, 6) is -0.131. The van der Waals surface area contributed by atoms with Gasteiger partial charge in [0.15, 0.2) is 12.5 Å². The van der Waals surface area contributed by atoms with Crippen LogP contribution in [0.5, 0.6) is 0 Å². The monoisotopic (exact) mass is 383 g/mol. The molecule has 3 aliphatic heterocycles. The molecule has 0 spiro atoms. The van der Waals surface area contributed by atoms with E-state index in [1.165, 1.54) is 25.7 Å². The van der Waals surface area contributed by atoms with E-state index < -0.39 is 0 Å². The number of fused-ring (bicyclic) bond motifs is 1. The zero-order valence-electron chi connectivity index (χ0n) is 16.6. The summed E-state index contributed by atoms with van der Waals surface area (Å²) in [5, 5.41) is 6.18. The van der Waals surface area contributed by atoms with Gasteiger partial charge in [0.1, 0.15) is 18.0 Å². The Labute approximate surface area is 161 Å². The second kappa shape index (κ2) is 9.73. The summed E-state index contributed by atoms with van der Waals surface area (Å²) in [4.78, 5) is 14.4. The van der Waals surface area contributed by atoms with Gasteiger partial charge in [-0.3, -0.25) is 4.79 Å². The van der Waals surface area contributed by atoms with Crippen LogP contribution in [0.4, 0.5) is 0 Å². The smallest absolute Gasteiger partial charge is 0.270 e. The summed E-state index contributed by atoms with van der Waals surface area (Å²) in [6, 6.07) is 0. The van der Waals surface area contributed by atoms with Crippen LogP contribution in [0.15, 0.2) is 11.9 Å². The van der Waals surface area contributed by atoms with Crippen molar-refractivity contribution >= 4 is 5.91 Å².